The molecule has 1 heteroatoms. The topological polar surface area (TPSA) is 26.0 Å². The highest BCUT2D eigenvalue weighted by Crippen LogP contribution is 2.31. The highest BCUT2D eigenvalue weighted by Gasteiger charge is 2.17. The zero-order valence-corrected chi connectivity index (χ0v) is 17.3. The van der Waals surface area contributed by atoms with Gasteiger partial charge in [-0.1, -0.05) is 117 Å². The Bertz CT molecular complexity index is 977. The molecule has 0 bridgehead atoms. The molecule has 0 saturated carbocycles. The molecule has 0 amide bonds. The Balaban J connectivity index is 1.76. The minimum absolute atomic E-state index is 0.0571. The average Bonchev–Trinajstić information content (AvgIpc) is 2.80. The monoisotopic (exact) mass is 379 g/mol. The molecular weight excluding hydrogens is 350 g/mol. The van der Waals surface area contributed by atoms with Gasteiger partial charge in [0.15, 0.2) is 0 Å². The summed E-state index contributed by atoms with van der Waals surface area (Å²) in [5.74, 6) is 0.225. The zero-order chi connectivity index (χ0) is 20.6. The van der Waals surface area contributed by atoms with E-state index in [1.165, 1.54) is 16.7 Å². The fourth-order valence-electron chi connectivity index (χ4n) is 3.49. The van der Waals surface area contributed by atoms with Gasteiger partial charge in [0.05, 0.1) is 0 Å². The standard InChI is InChI=1S/C28H29N/c1-4-6-10-22(5-2)25-17-19-27(20-18-25)28(29)21(3)23-13-15-26(16-14-23)24-11-8-7-9-12-24/h4-21,28H,2,29H2,1,3H3/b6-4-,22-10+. The predicted octanol–water partition coefficient (Wildman–Crippen LogP) is 7.30. The van der Waals surface area contributed by atoms with Crippen molar-refractivity contribution >= 4 is 5.57 Å². The van der Waals surface area contributed by atoms with Crippen LogP contribution in [-0.4, -0.2) is 0 Å². The van der Waals surface area contributed by atoms with Crippen LogP contribution in [0, 0.1) is 0 Å². The van der Waals surface area contributed by atoms with E-state index >= 15 is 0 Å². The molecule has 0 aromatic heterocycles. The molecule has 0 aliphatic heterocycles. The first kappa shape index (κ1) is 20.6. The molecule has 146 valence electrons. The highest BCUT2D eigenvalue weighted by molar-refractivity contribution is 5.74. The lowest BCUT2D eigenvalue weighted by molar-refractivity contribution is 0.598. The van der Waals surface area contributed by atoms with Crippen LogP contribution in [0.5, 0.6) is 0 Å². The molecule has 0 aliphatic rings. The third kappa shape index (κ3) is 5.01. The SMILES string of the molecule is C=C/C(=C\C=C/C)c1ccc(C(N)C(C)c2ccc(-c3ccccc3)cc2)cc1. The van der Waals surface area contributed by atoms with Crippen LogP contribution in [0.2, 0.25) is 0 Å². The smallest absolute Gasteiger partial charge is 0.0361 e. The van der Waals surface area contributed by atoms with Crippen LogP contribution in [-0.2, 0) is 0 Å². The maximum absolute atomic E-state index is 6.61. The number of benzene rings is 3. The summed E-state index contributed by atoms with van der Waals surface area (Å²) in [5.41, 5.74) is 13.7. The zero-order valence-electron chi connectivity index (χ0n) is 17.3. The van der Waals surface area contributed by atoms with E-state index in [-0.39, 0.29) is 12.0 Å². The first-order chi connectivity index (χ1) is 14.1. The molecule has 3 aromatic carbocycles. The number of rotatable bonds is 7. The molecule has 0 fully saturated rings. The van der Waals surface area contributed by atoms with Gasteiger partial charge in [0.1, 0.15) is 0 Å². The molecule has 1 nitrogen and oxygen atoms in total. The summed E-state index contributed by atoms with van der Waals surface area (Å²) in [6.07, 6.45) is 7.99. The van der Waals surface area contributed by atoms with Crippen molar-refractivity contribution < 1.29 is 0 Å². The molecule has 2 unspecified atom stereocenters. The van der Waals surface area contributed by atoms with Gasteiger partial charge in [0.2, 0.25) is 0 Å². The molecule has 0 saturated heterocycles. The summed E-state index contributed by atoms with van der Waals surface area (Å²) in [7, 11) is 0. The van der Waals surface area contributed by atoms with Gasteiger partial charge >= 0.3 is 0 Å². The molecule has 2 N–H and O–H groups in total. The van der Waals surface area contributed by atoms with Crippen LogP contribution >= 0.6 is 0 Å². The average molecular weight is 380 g/mol. The predicted molar refractivity (Wildman–Crippen MR) is 127 cm³/mol. The number of hydrogen-bond acceptors (Lipinski definition) is 1. The molecule has 0 heterocycles. The van der Waals surface area contributed by atoms with Crippen molar-refractivity contribution in [3.63, 3.8) is 0 Å². The van der Waals surface area contributed by atoms with E-state index in [0.29, 0.717) is 0 Å². The molecule has 29 heavy (non-hydrogen) atoms. The molecule has 2 atom stereocenters. The van der Waals surface area contributed by atoms with Gasteiger partial charge in [-0.25, -0.2) is 0 Å². The van der Waals surface area contributed by atoms with Crippen LogP contribution in [0.3, 0.4) is 0 Å². The van der Waals surface area contributed by atoms with Gasteiger partial charge < -0.3 is 5.73 Å². The number of nitrogens with two attached hydrogens (primary N) is 1. The van der Waals surface area contributed by atoms with Gasteiger partial charge in [-0.15, -0.1) is 0 Å². The van der Waals surface area contributed by atoms with Crippen LogP contribution in [0.25, 0.3) is 16.7 Å². The Hall–Kier alpha value is -3.16. The molecule has 3 aromatic rings. The van der Waals surface area contributed by atoms with E-state index < -0.39 is 0 Å². The maximum Gasteiger partial charge on any atom is 0.0361 e. The van der Waals surface area contributed by atoms with Crippen LogP contribution in [0.4, 0.5) is 0 Å². The lowest BCUT2D eigenvalue weighted by Gasteiger charge is -2.21. The van der Waals surface area contributed by atoms with E-state index in [1.807, 2.05) is 31.2 Å². The van der Waals surface area contributed by atoms with Crippen LogP contribution < -0.4 is 5.73 Å². The molecule has 0 spiro atoms. The van der Waals surface area contributed by atoms with Gasteiger partial charge in [0, 0.05) is 12.0 Å². The van der Waals surface area contributed by atoms with Crippen molar-refractivity contribution in [3.8, 4) is 11.1 Å². The van der Waals surface area contributed by atoms with Gasteiger partial charge in [-0.2, -0.15) is 0 Å². The summed E-state index contributed by atoms with van der Waals surface area (Å²) in [6.45, 7) is 8.12. The van der Waals surface area contributed by atoms with E-state index in [4.69, 9.17) is 5.73 Å². The lowest BCUT2D eigenvalue weighted by atomic mass is 9.87. The normalized spacial score (nSPS) is 14.0. The Morgan fingerprint density at radius 1 is 0.828 bits per heavy atom. The van der Waals surface area contributed by atoms with Crippen molar-refractivity contribution in [3.05, 3.63) is 126 Å². The summed E-state index contributed by atoms with van der Waals surface area (Å²) in [4.78, 5) is 0. The van der Waals surface area contributed by atoms with Crippen molar-refractivity contribution in [2.24, 2.45) is 5.73 Å². The quantitative estimate of drug-likeness (QED) is 0.428. The Kier molecular flexibility index (Phi) is 6.99. The second-order valence-corrected chi connectivity index (χ2v) is 7.28. The van der Waals surface area contributed by atoms with E-state index in [2.05, 4.69) is 92.4 Å². The van der Waals surface area contributed by atoms with E-state index in [0.717, 1.165) is 16.7 Å². The Labute approximate surface area is 174 Å². The Morgan fingerprint density at radius 2 is 1.41 bits per heavy atom. The van der Waals surface area contributed by atoms with E-state index in [1.54, 1.807) is 0 Å². The maximum atomic E-state index is 6.61. The van der Waals surface area contributed by atoms with Crippen molar-refractivity contribution in [2.45, 2.75) is 25.8 Å². The van der Waals surface area contributed by atoms with Crippen molar-refractivity contribution in [2.75, 3.05) is 0 Å². The third-order valence-electron chi connectivity index (χ3n) is 5.40. The van der Waals surface area contributed by atoms with Gasteiger partial charge in [0.25, 0.3) is 0 Å². The fourth-order valence-corrected chi connectivity index (χ4v) is 3.49. The van der Waals surface area contributed by atoms with Gasteiger partial charge in [-0.3, -0.25) is 0 Å². The fraction of sp³-hybridized carbons (Fsp3) is 0.143. The largest absolute Gasteiger partial charge is 0.323 e. The first-order valence-corrected chi connectivity index (χ1v) is 10.1. The molecule has 0 radical (unpaired) electrons. The Morgan fingerprint density at radius 3 is 2.00 bits per heavy atom. The van der Waals surface area contributed by atoms with E-state index in [9.17, 15) is 0 Å². The lowest BCUT2D eigenvalue weighted by Crippen LogP contribution is -2.17. The van der Waals surface area contributed by atoms with Crippen molar-refractivity contribution in [1.82, 2.24) is 0 Å². The summed E-state index contributed by atoms with van der Waals surface area (Å²) >= 11 is 0. The van der Waals surface area contributed by atoms with Gasteiger partial charge in [-0.05, 0) is 40.3 Å². The second kappa shape index (κ2) is 9.86. The minimum Gasteiger partial charge on any atom is -0.323 e. The molecule has 0 aliphatic carbocycles. The molecule has 3 rings (SSSR count). The summed E-state index contributed by atoms with van der Waals surface area (Å²) < 4.78 is 0. The summed E-state index contributed by atoms with van der Waals surface area (Å²) in [6, 6.07) is 27.6. The second-order valence-electron chi connectivity index (χ2n) is 7.28. The number of allylic oxidation sites excluding steroid dienone is 5. The molecular formula is C28H29N. The van der Waals surface area contributed by atoms with Crippen LogP contribution in [0.1, 0.15) is 42.5 Å². The van der Waals surface area contributed by atoms with Crippen LogP contribution in [0.15, 0.2) is 110 Å². The van der Waals surface area contributed by atoms with Crippen molar-refractivity contribution in [1.29, 1.82) is 0 Å². The first-order valence-electron chi connectivity index (χ1n) is 10.1. The highest BCUT2D eigenvalue weighted by atomic mass is 14.6. The minimum atomic E-state index is -0.0571. The number of hydrogen-bond donors (Lipinski definition) is 1. The summed E-state index contributed by atoms with van der Waals surface area (Å²) in [5, 5.41) is 0. The third-order valence-corrected chi connectivity index (χ3v) is 5.40.